The van der Waals surface area contributed by atoms with Crippen molar-refractivity contribution in [2.75, 3.05) is 7.05 Å². The molecule has 0 fully saturated rings. The molecular weight excluding hydrogens is 322 g/mol. The average molecular weight is 343 g/mol. The van der Waals surface area contributed by atoms with Crippen LogP contribution in [0.3, 0.4) is 0 Å². The minimum atomic E-state index is 0.0293. The minimum absolute atomic E-state index is 0.0293. The van der Waals surface area contributed by atoms with Crippen LogP contribution in [0.5, 0.6) is 0 Å². The summed E-state index contributed by atoms with van der Waals surface area (Å²) >= 11 is 1.62. The second-order valence-corrected chi connectivity index (χ2v) is 7.41. The minimum Gasteiger partial charge on any atom is -0.340 e. The smallest absolute Gasteiger partial charge is 0.227 e. The molecule has 0 spiro atoms. The zero-order valence-corrected chi connectivity index (χ0v) is 15.0. The largest absolute Gasteiger partial charge is 0.340 e. The molecule has 0 N–H and O–H groups in total. The second kappa shape index (κ2) is 5.73. The van der Waals surface area contributed by atoms with Crippen LogP contribution in [0.4, 0.5) is 0 Å². The Labute approximate surface area is 144 Å². The lowest BCUT2D eigenvalue weighted by Gasteiger charge is -2.28. The number of rotatable bonds is 3. The molecule has 0 saturated heterocycles. The monoisotopic (exact) mass is 343 g/mol. The maximum absolute atomic E-state index is 12.9. The molecule has 1 amide bonds. The van der Waals surface area contributed by atoms with Gasteiger partial charge in [-0.1, -0.05) is 0 Å². The maximum atomic E-state index is 12.9. The molecule has 4 rings (SSSR count). The lowest BCUT2D eigenvalue weighted by atomic mass is 9.96. The van der Waals surface area contributed by atoms with Gasteiger partial charge in [0.2, 0.25) is 5.91 Å². The number of aryl methyl sites for hydroxylation is 3. The summed E-state index contributed by atoms with van der Waals surface area (Å²) in [4.78, 5) is 24.7. The van der Waals surface area contributed by atoms with Gasteiger partial charge in [0.1, 0.15) is 5.82 Å². The summed E-state index contributed by atoms with van der Waals surface area (Å²) in [6, 6.07) is 0. The first kappa shape index (κ1) is 15.4. The molecule has 1 aliphatic rings. The molecule has 1 aliphatic heterocycles. The van der Waals surface area contributed by atoms with Gasteiger partial charge < -0.3 is 9.47 Å². The number of carbonyl (C=O) groups excluding carboxylic acids is 1. The maximum Gasteiger partial charge on any atom is 0.227 e. The topological polar surface area (TPSA) is 55.4 Å². The van der Waals surface area contributed by atoms with Crippen LogP contribution in [-0.2, 0) is 24.3 Å². The summed E-state index contributed by atoms with van der Waals surface area (Å²) in [7, 11) is 1.89. The van der Waals surface area contributed by atoms with Gasteiger partial charge in [0, 0.05) is 37.1 Å². The Morgan fingerprint density at radius 1 is 1.46 bits per heavy atom. The molecule has 24 heavy (non-hydrogen) atoms. The van der Waals surface area contributed by atoms with Gasteiger partial charge in [0.25, 0.3) is 0 Å². The van der Waals surface area contributed by atoms with Crippen LogP contribution < -0.4 is 0 Å². The van der Waals surface area contributed by atoms with Crippen molar-refractivity contribution >= 4 is 22.2 Å². The molecule has 0 aliphatic carbocycles. The first-order valence-electron chi connectivity index (χ1n) is 8.21. The van der Waals surface area contributed by atoms with Crippen LogP contribution in [0.25, 0.3) is 4.96 Å². The van der Waals surface area contributed by atoms with Crippen LogP contribution in [0.1, 0.15) is 29.3 Å². The predicted octanol–water partition coefficient (Wildman–Crippen LogP) is 2.43. The SMILES string of the molecule is Cc1nc2sccn2c1CN(C)C(=O)C1CCc2cnc(C)n2C1. The molecule has 0 saturated carbocycles. The molecule has 7 heteroatoms. The van der Waals surface area contributed by atoms with E-state index in [0.29, 0.717) is 6.54 Å². The van der Waals surface area contributed by atoms with E-state index in [1.54, 1.807) is 11.3 Å². The van der Waals surface area contributed by atoms with Crippen molar-refractivity contribution in [2.24, 2.45) is 5.92 Å². The fraction of sp³-hybridized carbons (Fsp3) is 0.471. The number of thiazole rings is 1. The molecule has 4 heterocycles. The van der Waals surface area contributed by atoms with E-state index < -0.39 is 0 Å². The van der Waals surface area contributed by atoms with Gasteiger partial charge in [0.05, 0.1) is 23.9 Å². The highest BCUT2D eigenvalue weighted by Crippen LogP contribution is 2.24. The Bertz CT molecular complexity index is 906. The Kier molecular flexibility index (Phi) is 3.68. The van der Waals surface area contributed by atoms with Gasteiger partial charge in [-0.2, -0.15) is 0 Å². The average Bonchev–Trinajstić information content (AvgIpc) is 3.24. The number of carbonyl (C=O) groups is 1. The van der Waals surface area contributed by atoms with E-state index in [0.717, 1.165) is 41.6 Å². The van der Waals surface area contributed by atoms with Gasteiger partial charge in [0.15, 0.2) is 4.96 Å². The zero-order valence-electron chi connectivity index (χ0n) is 14.2. The summed E-state index contributed by atoms with van der Waals surface area (Å²) in [5, 5.41) is 2.03. The molecule has 1 unspecified atom stereocenters. The third kappa shape index (κ3) is 2.43. The number of fused-ring (bicyclic) bond motifs is 2. The highest BCUT2D eigenvalue weighted by atomic mass is 32.1. The third-order valence-electron chi connectivity index (χ3n) is 4.96. The van der Waals surface area contributed by atoms with Crippen LogP contribution >= 0.6 is 11.3 Å². The fourth-order valence-corrected chi connectivity index (χ4v) is 4.32. The summed E-state index contributed by atoms with van der Waals surface area (Å²) in [5.74, 6) is 1.23. The van der Waals surface area contributed by atoms with Crippen molar-refractivity contribution in [2.45, 2.75) is 39.8 Å². The standard InChI is InChI=1S/C17H21N5OS/c1-11-15(21-6-7-24-17(21)19-11)10-20(3)16(23)13-4-5-14-8-18-12(2)22(14)9-13/h6-8,13H,4-5,9-10H2,1-3H3. The summed E-state index contributed by atoms with van der Waals surface area (Å²) in [6.07, 6.45) is 5.77. The predicted molar refractivity (Wildman–Crippen MR) is 93.1 cm³/mol. The molecule has 3 aromatic rings. The summed E-state index contributed by atoms with van der Waals surface area (Å²) in [5.41, 5.74) is 3.33. The van der Waals surface area contributed by atoms with Crippen molar-refractivity contribution in [3.63, 3.8) is 0 Å². The fourth-order valence-electron chi connectivity index (χ4n) is 3.54. The van der Waals surface area contributed by atoms with E-state index in [9.17, 15) is 4.79 Å². The number of hydrogen-bond acceptors (Lipinski definition) is 4. The van der Waals surface area contributed by atoms with Gasteiger partial charge in [-0.25, -0.2) is 9.97 Å². The molecule has 126 valence electrons. The molecule has 0 aromatic carbocycles. The Balaban J connectivity index is 1.51. The van der Waals surface area contributed by atoms with Gasteiger partial charge in [-0.3, -0.25) is 9.20 Å². The Morgan fingerprint density at radius 3 is 3.12 bits per heavy atom. The van der Waals surface area contributed by atoms with Crippen LogP contribution in [-0.4, -0.2) is 36.8 Å². The van der Waals surface area contributed by atoms with Crippen molar-refractivity contribution in [3.05, 3.63) is 40.7 Å². The highest BCUT2D eigenvalue weighted by molar-refractivity contribution is 7.15. The van der Waals surface area contributed by atoms with Crippen LogP contribution in [0.2, 0.25) is 0 Å². The second-order valence-electron chi connectivity index (χ2n) is 6.54. The molecule has 0 bridgehead atoms. The number of hydrogen-bond donors (Lipinski definition) is 0. The van der Waals surface area contributed by atoms with Gasteiger partial charge in [-0.05, 0) is 26.7 Å². The number of amides is 1. The van der Waals surface area contributed by atoms with E-state index >= 15 is 0 Å². The number of nitrogens with zero attached hydrogens (tertiary/aromatic N) is 5. The molecule has 0 radical (unpaired) electrons. The summed E-state index contributed by atoms with van der Waals surface area (Å²) in [6.45, 7) is 5.34. The van der Waals surface area contributed by atoms with E-state index in [-0.39, 0.29) is 11.8 Å². The van der Waals surface area contributed by atoms with Crippen molar-refractivity contribution in [3.8, 4) is 0 Å². The van der Waals surface area contributed by atoms with Crippen molar-refractivity contribution in [1.82, 2.24) is 23.8 Å². The Morgan fingerprint density at radius 2 is 2.29 bits per heavy atom. The first-order chi connectivity index (χ1) is 11.5. The van der Waals surface area contributed by atoms with E-state index in [2.05, 4.69) is 18.9 Å². The first-order valence-corrected chi connectivity index (χ1v) is 9.09. The number of aromatic nitrogens is 4. The van der Waals surface area contributed by atoms with Crippen molar-refractivity contribution in [1.29, 1.82) is 0 Å². The van der Waals surface area contributed by atoms with E-state index in [1.165, 1.54) is 5.69 Å². The van der Waals surface area contributed by atoms with Gasteiger partial charge >= 0.3 is 0 Å². The molecule has 1 atom stereocenters. The van der Waals surface area contributed by atoms with E-state index in [1.807, 2.05) is 43.6 Å². The summed E-state index contributed by atoms with van der Waals surface area (Å²) < 4.78 is 4.27. The van der Waals surface area contributed by atoms with Gasteiger partial charge in [-0.15, -0.1) is 11.3 Å². The number of imidazole rings is 2. The molecule has 6 nitrogen and oxygen atoms in total. The Hall–Kier alpha value is -2.15. The normalized spacial score (nSPS) is 17.2. The molecule has 3 aromatic heterocycles. The molecular formula is C17H21N5OS. The van der Waals surface area contributed by atoms with Crippen LogP contribution in [0.15, 0.2) is 17.8 Å². The third-order valence-corrected chi connectivity index (χ3v) is 5.72. The van der Waals surface area contributed by atoms with E-state index in [4.69, 9.17) is 0 Å². The van der Waals surface area contributed by atoms with Crippen LogP contribution in [0, 0.1) is 19.8 Å². The quantitative estimate of drug-likeness (QED) is 0.734. The lowest BCUT2D eigenvalue weighted by Crippen LogP contribution is -2.37. The lowest BCUT2D eigenvalue weighted by molar-refractivity contribution is -0.135. The van der Waals surface area contributed by atoms with Crippen molar-refractivity contribution < 1.29 is 4.79 Å². The zero-order chi connectivity index (χ0) is 16.8. The highest BCUT2D eigenvalue weighted by Gasteiger charge is 2.28.